The Morgan fingerprint density at radius 1 is 1.38 bits per heavy atom. The molecule has 1 aliphatic carbocycles. The van der Waals surface area contributed by atoms with Crippen molar-refractivity contribution in [1.29, 1.82) is 0 Å². The summed E-state index contributed by atoms with van der Waals surface area (Å²) in [5.41, 5.74) is 7.46. The van der Waals surface area contributed by atoms with Crippen molar-refractivity contribution in [2.45, 2.75) is 31.7 Å². The van der Waals surface area contributed by atoms with Crippen molar-refractivity contribution in [3.05, 3.63) is 46.2 Å². The van der Waals surface area contributed by atoms with Crippen LogP contribution in [0.4, 0.5) is 0 Å². The number of carbonyl (C=O) groups is 2. The molecule has 4 rings (SSSR count). The number of carbonyl (C=O) groups excluding carboxylic acids is 2. The second-order valence-electron chi connectivity index (χ2n) is 7.33. The number of amides is 1. The molecule has 0 aromatic heterocycles. The summed E-state index contributed by atoms with van der Waals surface area (Å²) < 4.78 is 0. The summed E-state index contributed by atoms with van der Waals surface area (Å²) >= 11 is 6.16. The van der Waals surface area contributed by atoms with Crippen molar-refractivity contribution in [2.75, 3.05) is 26.7 Å². The molecular weight excluding hydrogens is 350 g/mol. The van der Waals surface area contributed by atoms with E-state index in [9.17, 15) is 9.59 Å². The van der Waals surface area contributed by atoms with E-state index in [0.29, 0.717) is 34.2 Å². The summed E-state index contributed by atoms with van der Waals surface area (Å²) in [4.78, 5) is 28.9. The summed E-state index contributed by atoms with van der Waals surface area (Å²) in [5.74, 6) is 0.553. The fourth-order valence-corrected chi connectivity index (χ4v) is 4.25. The normalized spacial score (nSPS) is 37.1. The van der Waals surface area contributed by atoms with Crippen LogP contribution >= 0.6 is 11.6 Å². The minimum atomic E-state index is -0.0187. The molecule has 140 valence electrons. The molecule has 3 saturated heterocycles. The molecule has 1 unspecified atom stereocenters. The van der Waals surface area contributed by atoms with Crippen LogP contribution in [-0.4, -0.2) is 54.7 Å². The fourth-order valence-electron chi connectivity index (χ4n) is 4.03. The van der Waals surface area contributed by atoms with E-state index in [1.165, 1.54) is 0 Å². The molecule has 4 aliphatic rings. The molecule has 0 aromatic carbocycles. The van der Waals surface area contributed by atoms with Crippen LogP contribution < -0.4 is 5.73 Å². The number of nitrogens with two attached hydrogens (primary N) is 1. The van der Waals surface area contributed by atoms with Gasteiger partial charge in [0.15, 0.2) is 0 Å². The zero-order valence-electron chi connectivity index (χ0n) is 15.2. The molecule has 0 spiro atoms. The monoisotopic (exact) mass is 375 g/mol. The SMILES string of the molecule is CN(C(=O)/C1=C/C=C\C/C(N)=C(Cl)\C=C(\C=O)C1)C1CN2CCC1CC2. The van der Waals surface area contributed by atoms with Gasteiger partial charge in [0.2, 0.25) is 5.91 Å². The number of piperidine rings is 3. The largest absolute Gasteiger partial charge is 0.401 e. The van der Waals surface area contributed by atoms with Gasteiger partial charge in [0.25, 0.3) is 0 Å². The molecule has 26 heavy (non-hydrogen) atoms. The lowest BCUT2D eigenvalue weighted by Crippen LogP contribution is -2.57. The Balaban J connectivity index is 1.80. The van der Waals surface area contributed by atoms with Gasteiger partial charge in [-0.3, -0.25) is 9.59 Å². The number of nitrogens with zero attached hydrogens (tertiary/aromatic N) is 2. The molecule has 0 saturated carbocycles. The van der Waals surface area contributed by atoms with Gasteiger partial charge >= 0.3 is 0 Å². The maximum atomic E-state index is 13.1. The number of hydrogen-bond donors (Lipinski definition) is 1. The average Bonchev–Trinajstić information content (AvgIpc) is 2.68. The van der Waals surface area contributed by atoms with E-state index in [4.69, 9.17) is 17.3 Å². The lowest BCUT2D eigenvalue weighted by atomic mass is 9.83. The molecule has 3 heterocycles. The van der Waals surface area contributed by atoms with Gasteiger partial charge < -0.3 is 15.5 Å². The molecule has 5 nitrogen and oxygen atoms in total. The minimum Gasteiger partial charge on any atom is -0.401 e. The lowest BCUT2D eigenvalue weighted by Gasteiger charge is -2.48. The van der Waals surface area contributed by atoms with Crippen LogP contribution in [0.25, 0.3) is 0 Å². The van der Waals surface area contributed by atoms with Gasteiger partial charge in [0.05, 0.1) is 5.03 Å². The third-order valence-corrected chi connectivity index (χ3v) is 6.00. The summed E-state index contributed by atoms with van der Waals surface area (Å²) in [7, 11) is 1.88. The van der Waals surface area contributed by atoms with E-state index in [1.54, 1.807) is 12.2 Å². The molecular formula is C20H26ClN3O2. The first-order chi connectivity index (χ1) is 12.5. The smallest absolute Gasteiger partial charge is 0.250 e. The van der Waals surface area contributed by atoms with Crippen LogP contribution in [0.3, 0.4) is 0 Å². The van der Waals surface area contributed by atoms with E-state index in [1.807, 2.05) is 24.1 Å². The summed E-state index contributed by atoms with van der Waals surface area (Å²) in [6.45, 7) is 3.22. The van der Waals surface area contributed by atoms with Gasteiger partial charge in [0.1, 0.15) is 6.29 Å². The first-order valence-electron chi connectivity index (χ1n) is 9.14. The topological polar surface area (TPSA) is 66.6 Å². The first kappa shape index (κ1) is 18.9. The van der Waals surface area contributed by atoms with Gasteiger partial charge in [-0.2, -0.15) is 0 Å². The van der Waals surface area contributed by atoms with Crippen molar-refractivity contribution >= 4 is 23.8 Å². The Labute approximate surface area is 159 Å². The highest BCUT2D eigenvalue weighted by atomic mass is 35.5. The Bertz CT molecular complexity index is 700. The van der Waals surface area contributed by atoms with E-state index in [0.717, 1.165) is 38.8 Å². The predicted octanol–water partition coefficient (Wildman–Crippen LogP) is 2.35. The van der Waals surface area contributed by atoms with Crippen LogP contribution in [0.1, 0.15) is 25.7 Å². The second kappa shape index (κ2) is 8.23. The van der Waals surface area contributed by atoms with Crippen LogP contribution in [-0.2, 0) is 9.59 Å². The number of halogens is 1. The zero-order chi connectivity index (χ0) is 18.7. The zero-order valence-corrected chi connectivity index (χ0v) is 15.9. The van der Waals surface area contributed by atoms with E-state index in [2.05, 4.69) is 4.90 Å². The molecule has 2 bridgehead atoms. The van der Waals surface area contributed by atoms with Crippen LogP contribution in [0.2, 0.25) is 0 Å². The summed E-state index contributed by atoms with van der Waals surface area (Å²) in [6, 6.07) is 0.244. The van der Waals surface area contributed by atoms with Gasteiger partial charge in [-0.05, 0) is 43.5 Å². The number of fused-ring (bicyclic) bond motifs is 3. The van der Waals surface area contributed by atoms with E-state index >= 15 is 0 Å². The maximum Gasteiger partial charge on any atom is 0.250 e. The van der Waals surface area contributed by atoms with Crippen molar-refractivity contribution < 1.29 is 9.59 Å². The first-order valence-corrected chi connectivity index (χ1v) is 9.52. The number of hydrogen-bond acceptors (Lipinski definition) is 4. The summed E-state index contributed by atoms with van der Waals surface area (Å²) in [6.07, 6.45) is 10.8. The Kier molecular flexibility index (Phi) is 5.99. The minimum absolute atomic E-state index is 0.0187. The third kappa shape index (κ3) is 4.10. The molecule has 1 atom stereocenters. The average molecular weight is 376 g/mol. The van der Waals surface area contributed by atoms with Crippen molar-refractivity contribution in [3.63, 3.8) is 0 Å². The standard InChI is InChI=1S/C20H26ClN3O2/c1-23(19-12-24-8-6-15(19)7-9-24)20(26)16-4-2-3-5-18(22)17(21)11-14(10-16)13-25/h2-4,11,13,15,19H,5-10,12,22H2,1H3/b3-2-,14-11+,16-4+,18-17-. The van der Waals surface area contributed by atoms with Crippen LogP contribution in [0.15, 0.2) is 46.2 Å². The van der Waals surface area contributed by atoms with Crippen molar-refractivity contribution in [3.8, 4) is 0 Å². The number of aldehydes is 1. The quantitative estimate of drug-likeness (QED) is 0.769. The molecule has 3 aliphatic heterocycles. The third-order valence-electron chi connectivity index (χ3n) is 5.65. The highest BCUT2D eigenvalue weighted by Crippen LogP contribution is 2.31. The van der Waals surface area contributed by atoms with Gasteiger partial charge in [-0.1, -0.05) is 29.8 Å². The van der Waals surface area contributed by atoms with E-state index in [-0.39, 0.29) is 18.4 Å². The maximum absolute atomic E-state index is 13.1. The predicted molar refractivity (Wildman–Crippen MR) is 103 cm³/mol. The molecule has 1 amide bonds. The second-order valence-corrected chi connectivity index (χ2v) is 7.74. The molecule has 0 radical (unpaired) electrons. The molecule has 2 N–H and O–H groups in total. The van der Waals surface area contributed by atoms with Gasteiger partial charge in [-0.15, -0.1) is 0 Å². The van der Waals surface area contributed by atoms with Crippen molar-refractivity contribution in [2.24, 2.45) is 11.7 Å². The van der Waals surface area contributed by atoms with E-state index < -0.39 is 0 Å². The van der Waals surface area contributed by atoms with Crippen LogP contribution in [0, 0.1) is 5.92 Å². The Morgan fingerprint density at radius 3 is 2.73 bits per heavy atom. The number of allylic oxidation sites excluding steroid dienone is 6. The molecule has 3 fully saturated rings. The highest BCUT2D eigenvalue weighted by Gasteiger charge is 2.38. The fraction of sp³-hybridized carbons (Fsp3) is 0.500. The molecule has 6 heteroatoms. The number of rotatable bonds is 3. The van der Waals surface area contributed by atoms with Gasteiger partial charge in [0, 0.05) is 43.7 Å². The highest BCUT2D eigenvalue weighted by molar-refractivity contribution is 6.31. The summed E-state index contributed by atoms with van der Waals surface area (Å²) in [5, 5.41) is 0.358. The van der Waals surface area contributed by atoms with Crippen molar-refractivity contribution in [1.82, 2.24) is 9.80 Å². The van der Waals surface area contributed by atoms with Gasteiger partial charge in [-0.25, -0.2) is 0 Å². The molecule has 0 aromatic rings. The number of likely N-dealkylation sites (N-methyl/N-ethyl adjacent to an activating group) is 1. The van der Waals surface area contributed by atoms with Crippen LogP contribution in [0.5, 0.6) is 0 Å². The Hall–Kier alpha value is -1.85. The lowest BCUT2D eigenvalue weighted by molar-refractivity contribution is -0.131. The Morgan fingerprint density at radius 2 is 2.12 bits per heavy atom.